The summed E-state index contributed by atoms with van der Waals surface area (Å²) in [5.41, 5.74) is 0.435. The minimum absolute atomic E-state index is 0.0991. The van der Waals surface area contributed by atoms with Crippen LogP contribution in [0.5, 0.6) is 0 Å². The van der Waals surface area contributed by atoms with E-state index in [9.17, 15) is 9.90 Å². The van der Waals surface area contributed by atoms with Crippen LogP contribution in [-0.2, 0) is 11.4 Å². The van der Waals surface area contributed by atoms with Crippen LogP contribution in [0.4, 0.5) is 5.82 Å². The van der Waals surface area contributed by atoms with Gasteiger partial charge in [-0.15, -0.1) is 0 Å². The standard InChI is InChI=1S/C11H17ClN4O2/c1-3-13-9(18)5-16(4-2)11-8(6-17)10(12)14-7-15-11/h7,17H,3-6H2,1-2H3,(H,13,18). The number of nitrogens with zero attached hydrogens (tertiary/aromatic N) is 3. The van der Waals surface area contributed by atoms with E-state index in [1.54, 1.807) is 4.90 Å². The number of aromatic nitrogens is 2. The lowest BCUT2D eigenvalue weighted by Crippen LogP contribution is -2.38. The number of anilines is 1. The van der Waals surface area contributed by atoms with Gasteiger partial charge in [0.2, 0.25) is 5.91 Å². The summed E-state index contributed by atoms with van der Waals surface area (Å²) < 4.78 is 0. The van der Waals surface area contributed by atoms with Crippen molar-refractivity contribution in [1.82, 2.24) is 15.3 Å². The Morgan fingerprint density at radius 1 is 1.50 bits per heavy atom. The SMILES string of the molecule is CCNC(=O)CN(CC)c1ncnc(Cl)c1CO. The highest BCUT2D eigenvalue weighted by atomic mass is 35.5. The zero-order valence-electron chi connectivity index (χ0n) is 10.5. The van der Waals surface area contributed by atoms with Crippen LogP contribution in [0.15, 0.2) is 6.33 Å². The minimum atomic E-state index is -0.263. The third-order valence-electron chi connectivity index (χ3n) is 2.42. The highest BCUT2D eigenvalue weighted by molar-refractivity contribution is 6.30. The van der Waals surface area contributed by atoms with Crippen molar-refractivity contribution in [3.05, 3.63) is 17.0 Å². The molecule has 100 valence electrons. The van der Waals surface area contributed by atoms with E-state index in [1.807, 2.05) is 13.8 Å². The van der Waals surface area contributed by atoms with Crippen LogP contribution in [0.1, 0.15) is 19.4 Å². The first-order valence-electron chi connectivity index (χ1n) is 5.75. The van der Waals surface area contributed by atoms with Gasteiger partial charge >= 0.3 is 0 Å². The number of halogens is 1. The van der Waals surface area contributed by atoms with Gasteiger partial charge in [-0.3, -0.25) is 4.79 Å². The van der Waals surface area contributed by atoms with Crippen molar-refractivity contribution in [3.63, 3.8) is 0 Å². The first kappa shape index (κ1) is 14.7. The zero-order chi connectivity index (χ0) is 13.5. The number of hydrogen-bond donors (Lipinski definition) is 2. The van der Waals surface area contributed by atoms with E-state index < -0.39 is 0 Å². The van der Waals surface area contributed by atoms with Gasteiger partial charge in [-0.1, -0.05) is 11.6 Å². The van der Waals surface area contributed by atoms with Crippen molar-refractivity contribution < 1.29 is 9.90 Å². The molecule has 1 aromatic heterocycles. The second kappa shape index (κ2) is 7.13. The summed E-state index contributed by atoms with van der Waals surface area (Å²) in [6, 6.07) is 0. The second-order valence-corrected chi connectivity index (χ2v) is 3.95. The van der Waals surface area contributed by atoms with Crippen LogP contribution in [0, 0.1) is 0 Å². The summed E-state index contributed by atoms with van der Waals surface area (Å²) in [6.07, 6.45) is 1.32. The highest BCUT2D eigenvalue weighted by Crippen LogP contribution is 2.22. The van der Waals surface area contributed by atoms with Crippen molar-refractivity contribution in [3.8, 4) is 0 Å². The number of aliphatic hydroxyl groups is 1. The monoisotopic (exact) mass is 272 g/mol. The van der Waals surface area contributed by atoms with E-state index in [1.165, 1.54) is 6.33 Å². The fourth-order valence-corrected chi connectivity index (χ4v) is 1.74. The van der Waals surface area contributed by atoms with E-state index in [-0.39, 0.29) is 24.2 Å². The van der Waals surface area contributed by atoms with Gasteiger partial charge in [-0.25, -0.2) is 9.97 Å². The maximum atomic E-state index is 11.6. The van der Waals surface area contributed by atoms with Gasteiger partial charge in [0.1, 0.15) is 17.3 Å². The van der Waals surface area contributed by atoms with Crippen molar-refractivity contribution in [2.45, 2.75) is 20.5 Å². The molecule has 1 aromatic rings. The number of carbonyl (C=O) groups excluding carboxylic acids is 1. The summed E-state index contributed by atoms with van der Waals surface area (Å²) in [5, 5.41) is 12.2. The lowest BCUT2D eigenvalue weighted by molar-refractivity contribution is -0.119. The predicted molar refractivity (Wildman–Crippen MR) is 69.5 cm³/mol. The van der Waals surface area contributed by atoms with Gasteiger partial charge in [-0.2, -0.15) is 0 Å². The number of amides is 1. The van der Waals surface area contributed by atoms with Crippen LogP contribution >= 0.6 is 11.6 Å². The molecule has 0 saturated heterocycles. The number of carbonyl (C=O) groups is 1. The lowest BCUT2D eigenvalue weighted by atomic mass is 10.3. The fraction of sp³-hybridized carbons (Fsp3) is 0.545. The molecule has 0 aromatic carbocycles. The molecule has 1 amide bonds. The lowest BCUT2D eigenvalue weighted by Gasteiger charge is -2.23. The molecule has 2 N–H and O–H groups in total. The molecule has 7 heteroatoms. The molecule has 0 atom stereocenters. The topological polar surface area (TPSA) is 78.4 Å². The Bertz CT molecular complexity index is 414. The first-order valence-corrected chi connectivity index (χ1v) is 6.13. The first-order chi connectivity index (χ1) is 8.63. The maximum Gasteiger partial charge on any atom is 0.239 e. The van der Waals surface area contributed by atoms with E-state index >= 15 is 0 Å². The smallest absolute Gasteiger partial charge is 0.239 e. The fourth-order valence-electron chi connectivity index (χ4n) is 1.55. The summed E-state index contributed by atoms with van der Waals surface area (Å²) >= 11 is 5.89. The van der Waals surface area contributed by atoms with Gasteiger partial charge < -0.3 is 15.3 Å². The van der Waals surface area contributed by atoms with E-state index in [4.69, 9.17) is 11.6 Å². The Morgan fingerprint density at radius 3 is 2.78 bits per heavy atom. The minimum Gasteiger partial charge on any atom is -0.391 e. The van der Waals surface area contributed by atoms with Gasteiger partial charge in [0.15, 0.2) is 0 Å². The zero-order valence-corrected chi connectivity index (χ0v) is 11.2. The Labute approximate surface area is 111 Å². The van der Waals surface area contributed by atoms with Crippen LogP contribution in [-0.4, -0.2) is 40.6 Å². The van der Waals surface area contributed by atoms with Crippen LogP contribution in [0.25, 0.3) is 0 Å². The van der Waals surface area contributed by atoms with Crippen molar-refractivity contribution in [2.75, 3.05) is 24.5 Å². The normalized spacial score (nSPS) is 10.2. The van der Waals surface area contributed by atoms with Crippen molar-refractivity contribution >= 4 is 23.3 Å². The molecule has 0 bridgehead atoms. The van der Waals surface area contributed by atoms with Crippen LogP contribution < -0.4 is 10.2 Å². The van der Waals surface area contributed by atoms with E-state index in [2.05, 4.69) is 15.3 Å². The number of rotatable bonds is 6. The molecule has 0 aliphatic carbocycles. The molecule has 0 spiro atoms. The Kier molecular flexibility index (Phi) is 5.80. The molecule has 18 heavy (non-hydrogen) atoms. The highest BCUT2D eigenvalue weighted by Gasteiger charge is 2.16. The number of likely N-dealkylation sites (N-methyl/N-ethyl adjacent to an activating group) is 2. The molecule has 0 radical (unpaired) electrons. The molecule has 0 aliphatic heterocycles. The van der Waals surface area contributed by atoms with Crippen LogP contribution in [0.3, 0.4) is 0 Å². The summed E-state index contributed by atoms with van der Waals surface area (Å²) in [7, 11) is 0. The van der Waals surface area contributed by atoms with E-state index in [0.717, 1.165) is 0 Å². The molecule has 0 saturated carbocycles. The average Bonchev–Trinajstić information content (AvgIpc) is 2.36. The van der Waals surface area contributed by atoms with Crippen molar-refractivity contribution in [1.29, 1.82) is 0 Å². The molecular formula is C11H17ClN4O2. The molecule has 1 heterocycles. The molecular weight excluding hydrogens is 256 g/mol. The van der Waals surface area contributed by atoms with E-state index in [0.29, 0.717) is 24.5 Å². The number of hydrogen-bond acceptors (Lipinski definition) is 5. The molecule has 0 unspecified atom stereocenters. The molecule has 0 aliphatic rings. The Morgan fingerprint density at radius 2 is 2.22 bits per heavy atom. The summed E-state index contributed by atoms with van der Waals surface area (Å²) in [6.45, 7) is 4.82. The maximum absolute atomic E-state index is 11.6. The summed E-state index contributed by atoms with van der Waals surface area (Å²) in [5.74, 6) is 0.393. The van der Waals surface area contributed by atoms with Crippen molar-refractivity contribution in [2.24, 2.45) is 0 Å². The number of aliphatic hydroxyl groups excluding tert-OH is 1. The van der Waals surface area contributed by atoms with Gasteiger partial charge in [0.05, 0.1) is 18.7 Å². The predicted octanol–water partition coefficient (Wildman–Crippen LogP) is 0.585. The third-order valence-corrected chi connectivity index (χ3v) is 2.74. The number of nitrogens with one attached hydrogen (secondary N) is 1. The third kappa shape index (κ3) is 3.54. The van der Waals surface area contributed by atoms with Gasteiger partial charge in [-0.05, 0) is 13.8 Å². The Hall–Kier alpha value is -1.40. The summed E-state index contributed by atoms with van der Waals surface area (Å²) in [4.78, 5) is 21.2. The quantitative estimate of drug-likeness (QED) is 0.741. The van der Waals surface area contributed by atoms with Gasteiger partial charge in [0, 0.05) is 13.1 Å². The molecule has 6 nitrogen and oxygen atoms in total. The molecule has 1 rings (SSSR count). The average molecular weight is 273 g/mol. The van der Waals surface area contributed by atoms with Crippen LogP contribution in [0.2, 0.25) is 5.15 Å². The second-order valence-electron chi connectivity index (χ2n) is 3.59. The largest absolute Gasteiger partial charge is 0.391 e. The Balaban J connectivity index is 2.94. The molecule has 0 fully saturated rings. The van der Waals surface area contributed by atoms with Gasteiger partial charge in [0.25, 0.3) is 0 Å².